The molecule has 5 rings (SSSR count). The van der Waals surface area contributed by atoms with Crippen LogP contribution in [0.15, 0.2) is 54.6 Å². The number of nitrogens with zero attached hydrogens (tertiary/aromatic N) is 4. The molecule has 0 bridgehead atoms. The van der Waals surface area contributed by atoms with Crippen LogP contribution in [0.3, 0.4) is 0 Å². The van der Waals surface area contributed by atoms with Crippen LogP contribution < -0.4 is 4.74 Å². The number of rotatable bonds is 3. The molecule has 0 unspecified atom stereocenters. The number of carbonyl (C=O) groups is 1. The first-order valence-electron chi connectivity index (χ1n) is 9.62. The van der Waals surface area contributed by atoms with Crippen LogP contribution in [-0.2, 0) is 6.54 Å². The van der Waals surface area contributed by atoms with E-state index in [1.165, 1.54) is 0 Å². The van der Waals surface area contributed by atoms with Crippen LogP contribution in [0, 0.1) is 0 Å². The van der Waals surface area contributed by atoms with Gasteiger partial charge in [-0.15, -0.1) is 0 Å². The number of H-pyrrole nitrogens is 1. The molecule has 0 aliphatic carbocycles. The average Bonchev–Trinajstić information content (AvgIpc) is 3.38. The molecule has 3 heterocycles. The number of fused-ring (bicyclic) bond motifs is 2. The summed E-state index contributed by atoms with van der Waals surface area (Å²) in [5, 5.41) is 5.59. The highest BCUT2D eigenvalue weighted by molar-refractivity contribution is 5.98. The topological polar surface area (TPSA) is 76.0 Å². The predicted molar refractivity (Wildman–Crippen MR) is 110 cm³/mol. The monoisotopic (exact) mass is 387 g/mol. The Morgan fingerprint density at radius 3 is 2.76 bits per heavy atom. The quantitative estimate of drug-likeness (QED) is 0.582. The van der Waals surface area contributed by atoms with Gasteiger partial charge < -0.3 is 14.6 Å². The lowest BCUT2D eigenvalue weighted by Crippen LogP contribution is -2.41. The maximum atomic E-state index is 13.2. The molecule has 0 saturated heterocycles. The minimum Gasteiger partial charge on any atom is -0.497 e. The van der Waals surface area contributed by atoms with E-state index in [-0.39, 0.29) is 11.9 Å². The number of amides is 1. The van der Waals surface area contributed by atoms with Crippen LogP contribution in [0.25, 0.3) is 22.3 Å². The van der Waals surface area contributed by atoms with Gasteiger partial charge in [0.25, 0.3) is 5.91 Å². The lowest BCUT2D eigenvalue weighted by atomic mass is 10.2. The Bertz CT molecular complexity index is 1190. The number of nitrogens with one attached hydrogen (secondary N) is 1. The Kier molecular flexibility index (Phi) is 4.08. The van der Waals surface area contributed by atoms with Gasteiger partial charge in [-0.25, -0.2) is 9.67 Å². The second-order valence-corrected chi connectivity index (χ2v) is 7.19. The molecule has 2 aromatic carbocycles. The van der Waals surface area contributed by atoms with Crippen LogP contribution in [0.5, 0.6) is 5.75 Å². The highest BCUT2D eigenvalue weighted by Crippen LogP contribution is 2.29. The van der Waals surface area contributed by atoms with Crippen LogP contribution in [0.4, 0.5) is 0 Å². The van der Waals surface area contributed by atoms with Crippen LogP contribution in [0.2, 0.25) is 0 Å². The van der Waals surface area contributed by atoms with Crippen molar-refractivity contribution in [1.82, 2.24) is 24.6 Å². The second-order valence-electron chi connectivity index (χ2n) is 7.19. The van der Waals surface area contributed by atoms with Crippen molar-refractivity contribution >= 4 is 16.8 Å². The maximum Gasteiger partial charge on any atom is 0.270 e. The molecule has 7 nitrogen and oxygen atoms in total. The van der Waals surface area contributed by atoms with E-state index < -0.39 is 0 Å². The first-order valence-corrected chi connectivity index (χ1v) is 9.62. The number of hydrogen-bond donors (Lipinski definition) is 1. The van der Waals surface area contributed by atoms with Crippen molar-refractivity contribution < 1.29 is 9.53 Å². The molecule has 2 aromatic heterocycles. The van der Waals surface area contributed by atoms with E-state index in [9.17, 15) is 4.79 Å². The van der Waals surface area contributed by atoms with Crippen molar-refractivity contribution in [3.8, 4) is 17.1 Å². The van der Waals surface area contributed by atoms with Crippen molar-refractivity contribution in [3.63, 3.8) is 0 Å². The normalized spacial score (nSPS) is 16.1. The average molecular weight is 387 g/mol. The van der Waals surface area contributed by atoms with E-state index in [2.05, 4.69) is 10.1 Å². The van der Waals surface area contributed by atoms with Gasteiger partial charge in [-0.05, 0) is 31.2 Å². The standard InChI is InChI=1S/C22H21N5O2/c1-14-21-24-20(15-6-4-3-5-7-15)25-27(21)11-10-26(14)22(28)19-13-16-12-17(29-2)8-9-18(16)23-19/h3-9,12-14,23H,10-11H2,1-2H3/t14-/m0/s1. The molecule has 7 heteroatoms. The van der Waals surface area contributed by atoms with Gasteiger partial charge in [-0.1, -0.05) is 30.3 Å². The third kappa shape index (κ3) is 2.95. The lowest BCUT2D eigenvalue weighted by molar-refractivity contribution is 0.0625. The summed E-state index contributed by atoms with van der Waals surface area (Å²) in [4.78, 5) is 23.0. The molecule has 0 spiro atoms. The highest BCUT2D eigenvalue weighted by atomic mass is 16.5. The number of hydrogen-bond acceptors (Lipinski definition) is 4. The van der Waals surface area contributed by atoms with E-state index in [1.54, 1.807) is 7.11 Å². The number of benzene rings is 2. The van der Waals surface area contributed by atoms with E-state index >= 15 is 0 Å². The van der Waals surface area contributed by atoms with Crippen molar-refractivity contribution in [3.05, 3.63) is 66.1 Å². The number of methoxy groups -OCH3 is 1. The fourth-order valence-electron chi connectivity index (χ4n) is 3.86. The molecular formula is C22H21N5O2. The number of carbonyl (C=O) groups excluding carboxylic acids is 1. The summed E-state index contributed by atoms with van der Waals surface area (Å²) in [5.74, 6) is 2.23. The zero-order valence-corrected chi connectivity index (χ0v) is 16.3. The van der Waals surface area contributed by atoms with Gasteiger partial charge in [0.2, 0.25) is 0 Å². The molecule has 4 aromatic rings. The minimum atomic E-state index is -0.165. The van der Waals surface area contributed by atoms with Crippen molar-refractivity contribution in [1.29, 1.82) is 0 Å². The molecular weight excluding hydrogens is 366 g/mol. The molecule has 1 N–H and O–H groups in total. The molecule has 0 fully saturated rings. The summed E-state index contributed by atoms with van der Waals surface area (Å²) < 4.78 is 7.19. The number of aromatic nitrogens is 4. The predicted octanol–water partition coefficient (Wildman–Crippen LogP) is 3.65. The van der Waals surface area contributed by atoms with Gasteiger partial charge >= 0.3 is 0 Å². The lowest BCUT2D eigenvalue weighted by Gasteiger charge is -2.32. The maximum absolute atomic E-state index is 13.2. The fourth-order valence-corrected chi connectivity index (χ4v) is 3.86. The molecule has 146 valence electrons. The summed E-state index contributed by atoms with van der Waals surface area (Å²) in [6, 6.07) is 17.3. The van der Waals surface area contributed by atoms with Crippen molar-refractivity contribution in [2.45, 2.75) is 19.5 Å². The first-order chi connectivity index (χ1) is 14.1. The number of aromatic amines is 1. The molecule has 1 aliphatic heterocycles. The minimum absolute atomic E-state index is 0.0387. The smallest absolute Gasteiger partial charge is 0.270 e. The fraction of sp³-hybridized carbons (Fsp3) is 0.227. The molecule has 1 atom stereocenters. The third-order valence-electron chi connectivity index (χ3n) is 5.45. The van der Waals surface area contributed by atoms with Gasteiger partial charge in [0.15, 0.2) is 5.82 Å². The third-order valence-corrected chi connectivity index (χ3v) is 5.45. The number of ether oxygens (including phenoxy) is 1. The van der Waals surface area contributed by atoms with Gasteiger partial charge in [-0.3, -0.25) is 4.79 Å². The molecule has 0 saturated carbocycles. The summed E-state index contributed by atoms with van der Waals surface area (Å²) in [7, 11) is 1.63. The Balaban J connectivity index is 1.44. The van der Waals surface area contributed by atoms with Crippen LogP contribution >= 0.6 is 0 Å². The first kappa shape index (κ1) is 17.5. The zero-order chi connectivity index (χ0) is 20.0. The summed E-state index contributed by atoms with van der Waals surface area (Å²) in [5.41, 5.74) is 2.45. The van der Waals surface area contributed by atoms with E-state index in [4.69, 9.17) is 9.72 Å². The summed E-state index contributed by atoms with van der Waals surface area (Å²) in [6.45, 7) is 3.21. The Morgan fingerprint density at radius 2 is 1.97 bits per heavy atom. The van der Waals surface area contributed by atoms with Gasteiger partial charge in [-0.2, -0.15) is 5.10 Å². The Labute approximate surface area is 167 Å². The van der Waals surface area contributed by atoms with Gasteiger partial charge in [0.05, 0.1) is 19.7 Å². The van der Waals surface area contributed by atoms with Gasteiger partial charge in [0, 0.05) is 23.0 Å². The van der Waals surface area contributed by atoms with E-state index in [0.29, 0.717) is 24.6 Å². The Hall–Kier alpha value is -3.61. The molecule has 1 aliphatic rings. The summed E-state index contributed by atoms with van der Waals surface area (Å²) in [6.07, 6.45) is 0. The van der Waals surface area contributed by atoms with Crippen LogP contribution in [0.1, 0.15) is 29.3 Å². The molecule has 0 radical (unpaired) electrons. The highest BCUT2D eigenvalue weighted by Gasteiger charge is 2.32. The second kappa shape index (κ2) is 6.77. The van der Waals surface area contributed by atoms with Gasteiger partial charge in [0.1, 0.15) is 17.3 Å². The zero-order valence-electron chi connectivity index (χ0n) is 16.3. The molecule has 29 heavy (non-hydrogen) atoms. The Morgan fingerprint density at radius 1 is 1.14 bits per heavy atom. The van der Waals surface area contributed by atoms with E-state index in [0.717, 1.165) is 28.0 Å². The SMILES string of the molecule is COc1ccc2[nH]c(C(=O)N3CCn4nc(-c5ccccc5)nc4[C@@H]3C)cc2c1. The van der Waals surface area contributed by atoms with E-state index in [1.807, 2.05) is 71.1 Å². The summed E-state index contributed by atoms with van der Waals surface area (Å²) >= 11 is 0. The largest absolute Gasteiger partial charge is 0.497 e. The van der Waals surface area contributed by atoms with Crippen LogP contribution in [-0.4, -0.2) is 44.2 Å². The van der Waals surface area contributed by atoms with Crippen molar-refractivity contribution in [2.24, 2.45) is 0 Å². The van der Waals surface area contributed by atoms with Crippen molar-refractivity contribution in [2.75, 3.05) is 13.7 Å². The molecule has 1 amide bonds.